The van der Waals surface area contributed by atoms with Crippen molar-refractivity contribution in [3.05, 3.63) is 42.7 Å². The van der Waals surface area contributed by atoms with Gasteiger partial charge in [0.15, 0.2) is 0 Å². The highest BCUT2D eigenvalue weighted by atomic mass is 16.5. The van der Waals surface area contributed by atoms with Crippen LogP contribution in [0.3, 0.4) is 0 Å². The van der Waals surface area contributed by atoms with Crippen molar-refractivity contribution in [3.8, 4) is 11.4 Å². The van der Waals surface area contributed by atoms with E-state index in [1.165, 1.54) is 11.0 Å². The third-order valence-electron chi connectivity index (χ3n) is 2.22. The van der Waals surface area contributed by atoms with E-state index in [0.717, 1.165) is 0 Å². The van der Waals surface area contributed by atoms with Crippen molar-refractivity contribution >= 4 is 5.84 Å². The summed E-state index contributed by atoms with van der Waals surface area (Å²) in [4.78, 5) is 0. The van der Waals surface area contributed by atoms with Gasteiger partial charge in [-0.1, -0.05) is 12.7 Å². The van der Waals surface area contributed by atoms with E-state index < -0.39 is 0 Å². The van der Waals surface area contributed by atoms with E-state index in [-0.39, 0.29) is 5.84 Å². The fraction of sp³-hybridized carbons (Fsp3) is 0.0909. The Morgan fingerprint density at radius 1 is 1.56 bits per heavy atom. The summed E-state index contributed by atoms with van der Waals surface area (Å²) in [6.45, 7) is 3.96. The molecule has 0 aliphatic heterocycles. The van der Waals surface area contributed by atoms with Gasteiger partial charge in [-0.15, -0.1) is 5.10 Å². The van der Waals surface area contributed by atoms with Crippen LogP contribution < -0.4 is 10.5 Å². The molecule has 1 aromatic carbocycles. The molecule has 1 aromatic heterocycles. The zero-order valence-corrected chi connectivity index (χ0v) is 9.58. The number of nitrogens with zero attached hydrogens (tertiary/aromatic N) is 4. The maximum atomic E-state index is 7.43. The fourth-order valence-electron chi connectivity index (χ4n) is 1.41. The number of rotatable bonds is 5. The summed E-state index contributed by atoms with van der Waals surface area (Å²) in [6, 6.07) is 5.11. The molecule has 18 heavy (non-hydrogen) atoms. The topological polar surface area (TPSA) is 103 Å². The minimum atomic E-state index is -0.0282. The van der Waals surface area contributed by atoms with Gasteiger partial charge in [-0.3, -0.25) is 5.41 Å². The number of amidine groups is 1. The minimum absolute atomic E-state index is 0.0282. The van der Waals surface area contributed by atoms with E-state index >= 15 is 0 Å². The number of ether oxygens (including phenoxy) is 1. The summed E-state index contributed by atoms with van der Waals surface area (Å²) in [5.74, 6) is 0.562. The third kappa shape index (κ3) is 2.34. The maximum Gasteiger partial charge on any atom is 0.145 e. The summed E-state index contributed by atoms with van der Waals surface area (Å²) in [5, 5.41) is 18.4. The molecule has 0 aliphatic carbocycles. The lowest BCUT2D eigenvalue weighted by atomic mass is 10.1. The molecule has 0 bridgehead atoms. The van der Waals surface area contributed by atoms with Crippen LogP contribution in [0.4, 0.5) is 0 Å². The van der Waals surface area contributed by atoms with Gasteiger partial charge in [0.25, 0.3) is 0 Å². The lowest BCUT2D eigenvalue weighted by molar-refractivity contribution is 0.361. The number of nitrogens with two attached hydrogens (primary N) is 1. The molecule has 0 aliphatic rings. The number of aromatic nitrogens is 4. The summed E-state index contributed by atoms with van der Waals surface area (Å²) in [5.41, 5.74) is 6.65. The third-order valence-corrected chi connectivity index (χ3v) is 2.22. The Balaban J connectivity index is 2.46. The Morgan fingerprint density at radius 2 is 2.39 bits per heavy atom. The van der Waals surface area contributed by atoms with Gasteiger partial charge in [0.1, 0.15) is 30.2 Å². The van der Waals surface area contributed by atoms with Crippen LogP contribution in [0.25, 0.3) is 5.69 Å². The molecule has 1 heterocycles. The van der Waals surface area contributed by atoms with Crippen molar-refractivity contribution in [1.82, 2.24) is 20.2 Å². The van der Waals surface area contributed by atoms with Gasteiger partial charge in [0, 0.05) is 5.56 Å². The van der Waals surface area contributed by atoms with E-state index in [4.69, 9.17) is 15.9 Å². The van der Waals surface area contributed by atoms with E-state index in [9.17, 15) is 0 Å². The average molecular weight is 244 g/mol. The van der Waals surface area contributed by atoms with Crippen molar-refractivity contribution < 1.29 is 4.74 Å². The normalized spacial score (nSPS) is 10.0. The first-order valence-corrected chi connectivity index (χ1v) is 5.18. The summed E-state index contributed by atoms with van der Waals surface area (Å²) < 4.78 is 6.95. The zero-order valence-electron chi connectivity index (χ0n) is 9.58. The molecule has 2 rings (SSSR count). The molecule has 0 saturated carbocycles. The highest BCUT2D eigenvalue weighted by Gasteiger charge is 2.09. The van der Waals surface area contributed by atoms with Crippen LogP contribution in [0.1, 0.15) is 5.56 Å². The quantitative estimate of drug-likeness (QED) is 0.453. The molecule has 0 spiro atoms. The van der Waals surface area contributed by atoms with Crippen LogP contribution in [0.2, 0.25) is 0 Å². The summed E-state index contributed by atoms with van der Waals surface area (Å²) in [7, 11) is 0. The van der Waals surface area contributed by atoms with E-state index in [0.29, 0.717) is 23.6 Å². The average Bonchev–Trinajstić information content (AvgIpc) is 2.89. The monoisotopic (exact) mass is 244 g/mol. The number of hydrogen-bond donors (Lipinski definition) is 2. The molecule has 92 valence electrons. The smallest absolute Gasteiger partial charge is 0.145 e. The molecule has 0 amide bonds. The van der Waals surface area contributed by atoms with Crippen molar-refractivity contribution in [2.75, 3.05) is 6.61 Å². The molecule has 0 fully saturated rings. The van der Waals surface area contributed by atoms with Crippen LogP contribution in [0.15, 0.2) is 37.2 Å². The number of nitrogens with one attached hydrogen (secondary N) is 1. The minimum Gasteiger partial charge on any atom is -0.487 e. The Hall–Kier alpha value is -2.70. The van der Waals surface area contributed by atoms with Crippen LogP contribution in [-0.2, 0) is 0 Å². The Kier molecular flexibility index (Phi) is 3.33. The van der Waals surface area contributed by atoms with Crippen molar-refractivity contribution in [2.45, 2.75) is 0 Å². The lowest BCUT2D eigenvalue weighted by Gasteiger charge is -2.10. The Labute approximate surface area is 103 Å². The molecule has 0 unspecified atom stereocenters. The second-order valence-electron chi connectivity index (χ2n) is 3.45. The van der Waals surface area contributed by atoms with Crippen LogP contribution in [0, 0.1) is 5.41 Å². The molecule has 2 aromatic rings. The number of benzene rings is 1. The van der Waals surface area contributed by atoms with Crippen LogP contribution >= 0.6 is 0 Å². The highest BCUT2D eigenvalue weighted by Crippen LogP contribution is 2.23. The fourth-order valence-corrected chi connectivity index (χ4v) is 1.41. The molecular weight excluding hydrogens is 232 g/mol. The second-order valence-corrected chi connectivity index (χ2v) is 3.45. The van der Waals surface area contributed by atoms with E-state index in [2.05, 4.69) is 22.1 Å². The van der Waals surface area contributed by atoms with Gasteiger partial charge in [0.2, 0.25) is 0 Å². The van der Waals surface area contributed by atoms with Gasteiger partial charge in [-0.25, -0.2) is 0 Å². The first-order valence-electron chi connectivity index (χ1n) is 5.18. The first kappa shape index (κ1) is 11.8. The summed E-state index contributed by atoms with van der Waals surface area (Å²) in [6.07, 6.45) is 3.09. The zero-order chi connectivity index (χ0) is 13.0. The van der Waals surface area contributed by atoms with Crippen molar-refractivity contribution in [1.29, 1.82) is 5.41 Å². The largest absolute Gasteiger partial charge is 0.487 e. The number of hydrogen-bond acceptors (Lipinski definition) is 5. The van der Waals surface area contributed by atoms with Crippen molar-refractivity contribution in [3.63, 3.8) is 0 Å². The molecule has 7 heteroatoms. The SMILES string of the molecule is C=CCOc1ccc(C(=N)N)cc1-n1cnnn1. The molecule has 0 radical (unpaired) electrons. The molecule has 0 saturated heterocycles. The van der Waals surface area contributed by atoms with Gasteiger partial charge in [-0.05, 0) is 28.6 Å². The number of tetrazole rings is 1. The van der Waals surface area contributed by atoms with Crippen LogP contribution in [-0.4, -0.2) is 32.6 Å². The standard InChI is InChI=1S/C11H12N6O/c1-2-5-18-10-4-3-8(11(12)13)6-9(10)17-7-14-15-16-17/h2-4,6-7H,1,5H2,(H3,12,13). The van der Waals surface area contributed by atoms with E-state index in [1.54, 1.807) is 24.3 Å². The van der Waals surface area contributed by atoms with Crippen molar-refractivity contribution in [2.24, 2.45) is 5.73 Å². The van der Waals surface area contributed by atoms with Crippen LogP contribution in [0.5, 0.6) is 5.75 Å². The number of nitrogen functional groups attached to an aromatic ring is 1. The van der Waals surface area contributed by atoms with Gasteiger partial charge in [-0.2, -0.15) is 4.68 Å². The molecule has 3 N–H and O–H groups in total. The van der Waals surface area contributed by atoms with E-state index in [1.807, 2.05) is 0 Å². The first-order chi connectivity index (χ1) is 8.72. The maximum absolute atomic E-state index is 7.43. The van der Waals surface area contributed by atoms with Gasteiger partial charge < -0.3 is 10.5 Å². The predicted octanol–water partition coefficient (Wildman–Crippen LogP) is 0.511. The van der Waals surface area contributed by atoms with Gasteiger partial charge >= 0.3 is 0 Å². The Bertz CT molecular complexity index is 563. The second kappa shape index (κ2) is 5.09. The summed E-state index contributed by atoms with van der Waals surface area (Å²) >= 11 is 0. The molecular formula is C11H12N6O. The highest BCUT2D eigenvalue weighted by molar-refractivity contribution is 5.95. The molecule has 0 atom stereocenters. The lowest BCUT2D eigenvalue weighted by Crippen LogP contribution is -2.12. The van der Waals surface area contributed by atoms with Gasteiger partial charge in [0.05, 0.1) is 0 Å². The Morgan fingerprint density at radius 3 is 3.00 bits per heavy atom. The molecule has 7 nitrogen and oxygen atoms in total. The predicted molar refractivity (Wildman–Crippen MR) is 65.9 cm³/mol.